The number of hydrogen-bond acceptors (Lipinski definition) is 5. The Labute approximate surface area is 195 Å². The number of aromatic nitrogens is 2. The minimum absolute atomic E-state index is 0.642. The Morgan fingerprint density at radius 3 is 2.42 bits per heavy atom. The average Bonchev–Trinajstić information content (AvgIpc) is 2.88. The number of ether oxygens (including phenoxy) is 1. The number of benzene rings is 3. The molecule has 0 unspecified atom stereocenters. The second-order valence-corrected chi connectivity index (χ2v) is 8.67. The van der Waals surface area contributed by atoms with E-state index < -0.39 is 0 Å². The van der Waals surface area contributed by atoms with Crippen LogP contribution in [-0.4, -0.2) is 30.2 Å². The number of rotatable bonds is 7. The van der Waals surface area contributed by atoms with Crippen LogP contribution >= 0.6 is 0 Å². The molecule has 1 aliphatic heterocycles. The number of piperidine rings is 1. The fourth-order valence-corrected chi connectivity index (χ4v) is 4.65. The van der Waals surface area contributed by atoms with E-state index in [0.717, 1.165) is 66.3 Å². The smallest absolute Gasteiger partial charge is 0.227 e. The SMILES string of the molecule is COc1ccccc1CNc1nc(N2CCC(Cc3ccccc3)CC2)nc2ccccc12. The van der Waals surface area contributed by atoms with Gasteiger partial charge in [0, 0.05) is 30.6 Å². The molecular formula is C28H30N4O. The molecular weight excluding hydrogens is 408 g/mol. The van der Waals surface area contributed by atoms with Crippen molar-refractivity contribution in [2.24, 2.45) is 5.92 Å². The van der Waals surface area contributed by atoms with Crippen molar-refractivity contribution in [3.63, 3.8) is 0 Å². The number of nitrogens with one attached hydrogen (secondary N) is 1. The molecule has 0 spiro atoms. The van der Waals surface area contributed by atoms with Crippen molar-refractivity contribution in [3.05, 3.63) is 90.0 Å². The molecule has 1 saturated heterocycles. The van der Waals surface area contributed by atoms with Crippen molar-refractivity contribution in [3.8, 4) is 5.75 Å². The summed E-state index contributed by atoms with van der Waals surface area (Å²) >= 11 is 0. The summed E-state index contributed by atoms with van der Waals surface area (Å²) in [5.74, 6) is 3.28. The van der Waals surface area contributed by atoms with Gasteiger partial charge in [0.15, 0.2) is 0 Å². The zero-order valence-electron chi connectivity index (χ0n) is 19.1. The van der Waals surface area contributed by atoms with Crippen molar-refractivity contribution in [1.82, 2.24) is 9.97 Å². The van der Waals surface area contributed by atoms with E-state index in [-0.39, 0.29) is 0 Å². The maximum absolute atomic E-state index is 5.51. The van der Waals surface area contributed by atoms with Crippen LogP contribution in [0, 0.1) is 5.92 Å². The molecule has 2 heterocycles. The van der Waals surface area contributed by atoms with Gasteiger partial charge in [0.2, 0.25) is 5.95 Å². The van der Waals surface area contributed by atoms with Crippen LogP contribution in [0.15, 0.2) is 78.9 Å². The van der Waals surface area contributed by atoms with E-state index in [1.807, 2.05) is 30.3 Å². The largest absolute Gasteiger partial charge is 0.496 e. The number of para-hydroxylation sites is 2. The van der Waals surface area contributed by atoms with Gasteiger partial charge in [-0.3, -0.25) is 0 Å². The highest BCUT2D eigenvalue weighted by Gasteiger charge is 2.22. The summed E-state index contributed by atoms with van der Waals surface area (Å²) in [4.78, 5) is 12.2. The van der Waals surface area contributed by atoms with Crippen LogP contribution < -0.4 is 15.0 Å². The molecule has 4 aromatic rings. The normalized spacial score (nSPS) is 14.4. The van der Waals surface area contributed by atoms with Crippen molar-refractivity contribution in [2.75, 3.05) is 30.4 Å². The highest BCUT2D eigenvalue weighted by atomic mass is 16.5. The quantitative estimate of drug-likeness (QED) is 0.401. The summed E-state index contributed by atoms with van der Waals surface area (Å²) in [5, 5.41) is 4.58. The molecule has 168 valence electrons. The first-order chi connectivity index (χ1) is 16.3. The minimum Gasteiger partial charge on any atom is -0.496 e. The Hall–Kier alpha value is -3.60. The zero-order valence-corrected chi connectivity index (χ0v) is 19.1. The van der Waals surface area contributed by atoms with Gasteiger partial charge in [0.25, 0.3) is 0 Å². The third kappa shape index (κ3) is 4.92. The van der Waals surface area contributed by atoms with Crippen molar-refractivity contribution in [2.45, 2.75) is 25.8 Å². The van der Waals surface area contributed by atoms with Crippen LogP contribution in [0.2, 0.25) is 0 Å². The van der Waals surface area contributed by atoms with Crippen LogP contribution in [0.25, 0.3) is 10.9 Å². The summed E-state index contributed by atoms with van der Waals surface area (Å²) in [6, 6.07) is 27.1. The summed E-state index contributed by atoms with van der Waals surface area (Å²) in [7, 11) is 1.71. The fourth-order valence-electron chi connectivity index (χ4n) is 4.65. The summed E-state index contributed by atoms with van der Waals surface area (Å²) < 4.78 is 5.51. The molecule has 33 heavy (non-hydrogen) atoms. The molecule has 0 radical (unpaired) electrons. The Bertz CT molecular complexity index is 1200. The molecule has 3 aromatic carbocycles. The summed E-state index contributed by atoms with van der Waals surface area (Å²) in [6.45, 7) is 2.62. The second kappa shape index (κ2) is 9.90. The van der Waals surface area contributed by atoms with Gasteiger partial charge < -0.3 is 15.0 Å². The molecule has 5 heteroatoms. The zero-order chi connectivity index (χ0) is 22.5. The van der Waals surface area contributed by atoms with Gasteiger partial charge in [-0.1, -0.05) is 60.7 Å². The van der Waals surface area contributed by atoms with Gasteiger partial charge in [-0.15, -0.1) is 0 Å². The van der Waals surface area contributed by atoms with E-state index in [2.05, 4.69) is 58.7 Å². The predicted octanol–water partition coefficient (Wildman–Crippen LogP) is 5.71. The molecule has 0 atom stereocenters. The lowest BCUT2D eigenvalue weighted by molar-refractivity contribution is 0.401. The molecule has 1 fully saturated rings. The molecule has 0 bridgehead atoms. The standard InChI is InChI=1S/C28H30N4O/c1-33-26-14-8-5-11-23(26)20-29-27-24-12-6-7-13-25(24)30-28(31-27)32-17-15-22(16-18-32)19-21-9-3-2-4-10-21/h2-14,22H,15-20H2,1H3,(H,29,30,31). The first-order valence-electron chi connectivity index (χ1n) is 11.7. The predicted molar refractivity (Wildman–Crippen MR) is 135 cm³/mol. The Kier molecular flexibility index (Phi) is 6.38. The van der Waals surface area contributed by atoms with E-state index in [1.54, 1.807) is 7.11 Å². The van der Waals surface area contributed by atoms with Gasteiger partial charge >= 0.3 is 0 Å². The topological polar surface area (TPSA) is 50.3 Å². The van der Waals surface area contributed by atoms with Gasteiger partial charge in [-0.05, 0) is 48.9 Å². The number of methoxy groups -OCH3 is 1. The Balaban J connectivity index is 1.33. The maximum Gasteiger partial charge on any atom is 0.227 e. The average molecular weight is 439 g/mol. The highest BCUT2D eigenvalue weighted by Crippen LogP contribution is 2.28. The van der Waals surface area contributed by atoms with Crippen LogP contribution in [0.4, 0.5) is 11.8 Å². The highest BCUT2D eigenvalue weighted by molar-refractivity contribution is 5.90. The molecule has 5 rings (SSSR count). The van der Waals surface area contributed by atoms with Crippen molar-refractivity contribution >= 4 is 22.7 Å². The van der Waals surface area contributed by atoms with Crippen molar-refractivity contribution in [1.29, 1.82) is 0 Å². The van der Waals surface area contributed by atoms with Gasteiger partial charge in [0.1, 0.15) is 11.6 Å². The van der Waals surface area contributed by atoms with Crippen LogP contribution in [0.5, 0.6) is 5.75 Å². The van der Waals surface area contributed by atoms with E-state index in [9.17, 15) is 0 Å². The maximum atomic E-state index is 5.51. The molecule has 1 N–H and O–H groups in total. The second-order valence-electron chi connectivity index (χ2n) is 8.67. The Morgan fingerprint density at radius 1 is 0.879 bits per heavy atom. The lowest BCUT2D eigenvalue weighted by Crippen LogP contribution is -2.35. The summed E-state index contributed by atoms with van der Waals surface area (Å²) in [6.07, 6.45) is 3.48. The molecule has 1 aliphatic rings. The lowest BCUT2D eigenvalue weighted by atomic mass is 9.90. The number of fused-ring (bicyclic) bond motifs is 1. The first kappa shape index (κ1) is 21.3. The monoisotopic (exact) mass is 438 g/mol. The minimum atomic E-state index is 0.642. The fraction of sp³-hybridized carbons (Fsp3) is 0.286. The number of anilines is 2. The van der Waals surface area contributed by atoms with Gasteiger partial charge in [-0.25, -0.2) is 4.98 Å². The van der Waals surface area contributed by atoms with Crippen LogP contribution in [0.1, 0.15) is 24.0 Å². The van der Waals surface area contributed by atoms with Crippen molar-refractivity contribution < 1.29 is 4.74 Å². The Morgan fingerprint density at radius 2 is 1.61 bits per heavy atom. The molecule has 0 amide bonds. The van der Waals surface area contributed by atoms with Gasteiger partial charge in [-0.2, -0.15) is 4.98 Å². The third-order valence-electron chi connectivity index (χ3n) is 6.49. The molecule has 5 nitrogen and oxygen atoms in total. The number of hydrogen-bond donors (Lipinski definition) is 1. The molecule has 1 aromatic heterocycles. The van der Waals surface area contributed by atoms with E-state index >= 15 is 0 Å². The van der Waals surface area contributed by atoms with E-state index in [1.165, 1.54) is 5.56 Å². The van der Waals surface area contributed by atoms with Gasteiger partial charge in [0.05, 0.1) is 12.6 Å². The summed E-state index contributed by atoms with van der Waals surface area (Å²) in [5.41, 5.74) is 3.50. The van der Waals surface area contributed by atoms with E-state index in [4.69, 9.17) is 14.7 Å². The first-order valence-corrected chi connectivity index (χ1v) is 11.7. The molecule has 0 saturated carbocycles. The lowest BCUT2D eigenvalue weighted by Gasteiger charge is -2.32. The van der Waals surface area contributed by atoms with Crippen LogP contribution in [-0.2, 0) is 13.0 Å². The van der Waals surface area contributed by atoms with Crippen LogP contribution in [0.3, 0.4) is 0 Å². The third-order valence-corrected chi connectivity index (χ3v) is 6.49. The number of nitrogens with zero attached hydrogens (tertiary/aromatic N) is 3. The molecule has 0 aliphatic carbocycles. The van der Waals surface area contributed by atoms with E-state index in [0.29, 0.717) is 12.5 Å².